The summed E-state index contributed by atoms with van der Waals surface area (Å²) in [5.74, 6) is 0. The number of hydrogen-bond acceptors (Lipinski definition) is 4. The predicted molar refractivity (Wildman–Crippen MR) is 70.8 cm³/mol. The summed E-state index contributed by atoms with van der Waals surface area (Å²) in [4.78, 5) is 11.8. The molecule has 0 aliphatic heterocycles. The van der Waals surface area contributed by atoms with Crippen molar-refractivity contribution in [3.05, 3.63) is 33.9 Å². The Hall–Kier alpha value is -2.30. The van der Waals surface area contributed by atoms with Crippen LogP contribution in [0.5, 0.6) is 0 Å². The van der Waals surface area contributed by atoms with Crippen molar-refractivity contribution in [2.45, 2.75) is 32.5 Å². The van der Waals surface area contributed by atoms with Gasteiger partial charge in [0, 0.05) is 18.7 Å². The number of nitro groups is 1. The molecular weight excluding hydrogens is 287 g/mol. The van der Waals surface area contributed by atoms with Gasteiger partial charge in [-0.1, -0.05) is 0 Å². The largest absolute Gasteiger partial charge is 0.416 e. The van der Waals surface area contributed by atoms with Crippen LogP contribution in [-0.4, -0.2) is 17.5 Å². The van der Waals surface area contributed by atoms with Crippen molar-refractivity contribution in [2.24, 2.45) is 0 Å². The van der Waals surface area contributed by atoms with E-state index in [1.807, 2.05) is 6.07 Å². The summed E-state index contributed by atoms with van der Waals surface area (Å²) in [5, 5.41) is 19.7. The minimum atomic E-state index is -4.64. The molecule has 21 heavy (non-hydrogen) atoms. The van der Waals surface area contributed by atoms with Gasteiger partial charge in [-0.2, -0.15) is 18.4 Å². The van der Waals surface area contributed by atoms with Crippen LogP contribution in [0.15, 0.2) is 18.2 Å². The Bertz CT molecular complexity index is 565. The molecule has 0 atom stereocenters. The number of nitrogens with zero attached hydrogens (tertiary/aromatic N) is 3. The van der Waals surface area contributed by atoms with Gasteiger partial charge in [-0.05, 0) is 26.0 Å². The van der Waals surface area contributed by atoms with E-state index in [4.69, 9.17) is 5.26 Å². The third-order valence-electron chi connectivity index (χ3n) is 2.90. The van der Waals surface area contributed by atoms with Crippen LogP contribution in [0, 0.1) is 21.4 Å². The van der Waals surface area contributed by atoms with Crippen LogP contribution in [-0.2, 0) is 6.18 Å². The summed E-state index contributed by atoms with van der Waals surface area (Å²) in [6.07, 6.45) is -4.52. The lowest BCUT2D eigenvalue weighted by molar-refractivity contribution is -0.384. The Labute approximate surface area is 119 Å². The molecule has 0 heterocycles. The molecule has 0 aromatic heterocycles. The number of benzene rings is 1. The van der Waals surface area contributed by atoms with Crippen molar-refractivity contribution in [2.75, 3.05) is 11.4 Å². The van der Waals surface area contributed by atoms with Crippen LogP contribution < -0.4 is 4.90 Å². The summed E-state index contributed by atoms with van der Waals surface area (Å²) < 4.78 is 37.9. The molecule has 0 aliphatic carbocycles. The quantitative estimate of drug-likeness (QED) is 0.613. The van der Waals surface area contributed by atoms with E-state index in [9.17, 15) is 23.3 Å². The van der Waals surface area contributed by atoms with Gasteiger partial charge < -0.3 is 4.90 Å². The third-order valence-corrected chi connectivity index (χ3v) is 2.90. The SMILES string of the molecule is CC(C)N(CCC#N)c1ccc(C(F)(F)F)cc1[N+](=O)[O-]. The Morgan fingerprint density at radius 3 is 2.48 bits per heavy atom. The highest BCUT2D eigenvalue weighted by atomic mass is 19.4. The van der Waals surface area contributed by atoms with E-state index >= 15 is 0 Å². The van der Waals surface area contributed by atoms with E-state index in [1.165, 1.54) is 0 Å². The molecule has 1 rings (SSSR count). The van der Waals surface area contributed by atoms with Crippen molar-refractivity contribution in [3.63, 3.8) is 0 Å². The van der Waals surface area contributed by atoms with Crippen molar-refractivity contribution in [1.82, 2.24) is 0 Å². The van der Waals surface area contributed by atoms with Crippen LogP contribution in [0.3, 0.4) is 0 Å². The van der Waals surface area contributed by atoms with E-state index in [0.29, 0.717) is 6.07 Å². The van der Waals surface area contributed by atoms with Crippen LogP contribution in [0.4, 0.5) is 24.5 Å². The number of hydrogen-bond donors (Lipinski definition) is 0. The normalized spacial score (nSPS) is 11.3. The van der Waals surface area contributed by atoms with Crippen LogP contribution in [0.2, 0.25) is 0 Å². The summed E-state index contributed by atoms with van der Waals surface area (Å²) in [5.41, 5.74) is -1.60. The molecule has 1 aromatic carbocycles. The highest BCUT2D eigenvalue weighted by Crippen LogP contribution is 2.37. The Kier molecular flexibility index (Phi) is 5.13. The fourth-order valence-electron chi connectivity index (χ4n) is 1.92. The maximum absolute atomic E-state index is 12.6. The van der Waals surface area contributed by atoms with E-state index in [0.717, 1.165) is 12.1 Å². The van der Waals surface area contributed by atoms with Gasteiger partial charge in [-0.25, -0.2) is 0 Å². The molecule has 0 N–H and O–H groups in total. The molecule has 0 amide bonds. The molecule has 0 fully saturated rings. The molecule has 5 nitrogen and oxygen atoms in total. The Balaban J connectivity index is 3.34. The molecule has 0 bridgehead atoms. The van der Waals surface area contributed by atoms with Gasteiger partial charge in [0.2, 0.25) is 0 Å². The molecule has 114 valence electrons. The first kappa shape index (κ1) is 16.8. The van der Waals surface area contributed by atoms with Crippen LogP contribution >= 0.6 is 0 Å². The molecule has 1 aromatic rings. The lowest BCUT2D eigenvalue weighted by atomic mass is 10.1. The standard InChI is InChI=1S/C13H14F3N3O2/c1-9(2)18(7-3-6-17)11-5-4-10(13(14,15)16)8-12(11)19(20)21/h4-5,8-9H,3,7H2,1-2H3. The number of halogens is 3. The average molecular weight is 301 g/mol. The highest BCUT2D eigenvalue weighted by Gasteiger charge is 2.34. The smallest absolute Gasteiger partial charge is 0.363 e. The van der Waals surface area contributed by atoms with E-state index in [-0.39, 0.29) is 24.7 Å². The van der Waals surface area contributed by atoms with Crippen molar-refractivity contribution < 1.29 is 18.1 Å². The van der Waals surface area contributed by atoms with Crippen LogP contribution in [0.25, 0.3) is 0 Å². The minimum absolute atomic E-state index is 0.0817. The number of nitro benzene ring substituents is 1. The van der Waals surface area contributed by atoms with E-state index < -0.39 is 22.4 Å². The van der Waals surface area contributed by atoms with E-state index in [1.54, 1.807) is 18.7 Å². The van der Waals surface area contributed by atoms with Gasteiger partial charge in [0.25, 0.3) is 5.69 Å². The molecule has 0 saturated heterocycles. The van der Waals surface area contributed by atoms with Gasteiger partial charge in [0.05, 0.1) is 23.0 Å². The monoisotopic (exact) mass is 301 g/mol. The van der Waals surface area contributed by atoms with Gasteiger partial charge in [-0.3, -0.25) is 10.1 Å². The second kappa shape index (κ2) is 6.43. The summed E-state index contributed by atoms with van der Waals surface area (Å²) in [6, 6.07) is 4.15. The van der Waals surface area contributed by atoms with Crippen molar-refractivity contribution in [3.8, 4) is 6.07 Å². The molecule has 0 radical (unpaired) electrons. The average Bonchev–Trinajstić information content (AvgIpc) is 2.37. The Morgan fingerprint density at radius 1 is 1.43 bits per heavy atom. The maximum Gasteiger partial charge on any atom is 0.416 e. The molecule has 0 aliphatic rings. The first-order chi connectivity index (χ1) is 9.68. The van der Waals surface area contributed by atoms with Gasteiger partial charge >= 0.3 is 6.18 Å². The van der Waals surface area contributed by atoms with Gasteiger partial charge in [0.1, 0.15) is 5.69 Å². The third kappa shape index (κ3) is 4.08. The number of alkyl halides is 3. The Morgan fingerprint density at radius 2 is 2.05 bits per heavy atom. The van der Waals surface area contributed by atoms with Crippen molar-refractivity contribution >= 4 is 11.4 Å². The molecule has 8 heteroatoms. The highest BCUT2D eigenvalue weighted by molar-refractivity contribution is 5.65. The molecular formula is C13H14F3N3O2. The fourth-order valence-corrected chi connectivity index (χ4v) is 1.92. The zero-order valence-corrected chi connectivity index (χ0v) is 11.5. The number of anilines is 1. The maximum atomic E-state index is 12.6. The summed E-state index contributed by atoms with van der Waals surface area (Å²) >= 11 is 0. The molecule has 0 saturated carbocycles. The second-order valence-electron chi connectivity index (χ2n) is 4.65. The molecule has 0 unspecified atom stereocenters. The van der Waals surface area contributed by atoms with Crippen LogP contribution in [0.1, 0.15) is 25.8 Å². The zero-order chi connectivity index (χ0) is 16.2. The first-order valence-corrected chi connectivity index (χ1v) is 6.17. The van der Waals surface area contributed by atoms with Gasteiger partial charge in [-0.15, -0.1) is 0 Å². The topological polar surface area (TPSA) is 70.2 Å². The molecule has 0 spiro atoms. The predicted octanol–water partition coefficient (Wildman–Crippen LogP) is 3.74. The lowest BCUT2D eigenvalue weighted by Crippen LogP contribution is -2.32. The lowest BCUT2D eigenvalue weighted by Gasteiger charge is -2.28. The fraction of sp³-hybridized carbons (Fsp3) is 0.462. The summed E-state index contributed by atoms with van der Waals surface area (Å²) in [7, 11) is 0. The first-order valence-electron chi connectivity index (χ1n) is 6.17. The van der Waals surface area contributed by atoms with Crippen molar-refractivity contribution in [1.29, 1.82) is 5.26 Å². The number of rotatable bonds is 5. The van der Waals surface area contributed by atoms with Gasteiger partial charge in [0.15, 0.2) is 0 Å². The second-order valence-corrected chi connectivity index (χ2v) is 4.65. The van der Waals surface area contributed by atoms with E-state index in [2.05, 4.69) is 0 Å². The number of nitriles is 1. The summed E-state index contributed by atoms with van der Waals surface area (Å²) in [6.45, 7) is 3.71. The minimum Gasteiger partial charge on any atom is -0.363 e. The zero-order valence-electron chi connectivity index (χ0n) is 11.5.